The first-order chi connectivity index (χ1) is 14.7. The number of carbonyl (C=O) groups is 1. The average molecular weight is 462 g/mol. The van der Waals surface area contributed by atoms with Gasteiger partial charge >= 0.3 is 5.97 Å². The molecule has 6 nitrogen and oxygen atoms in total. The van der Waals surface area contributed by atoms with E-state index in [1.54, 1.807) is 50.2 Å². The molecule has 0 unspecified atom stereocenters. The lowest BCUT2D eigenvalue weighted by molar-refractivity contribution is 0.0695. The van der Waals surface area contributed by atoms with Crippen LogP contribution < -0.4 is 9.46 Å². The molecular weight excluding hydrogens is 438 g/mol. The summed E-state index contributed by atoms with van der Waals surface area (Å²) in [7, 11) is -3.83. The minimum atomic E-state index is -3.83. The van der Waals surface area contributed by atoms with Crippen LogP contribution in [0, 0.1) is 13.8 Å². The number of hydrogen-bond donors (Lipinski definition) is 2. The molecule has 164 valence electrons. The third-order valence-corrected chi connectivity index (χ3v) is 6.55. The van der Waals surface area contributed by atoms with Gasteiger partial charge in [-0.05, 0) is 85.5 Å². The maximum absolute atomic E-state index is 12.6. The number of carboxylic acids is 1. The van der Waals surface area contributed by atoms with E-state index in [1.807, 2.05) is 12.1 Å². The zero-order valence-electron chi connectivity index (χ0n) is 17.1. The van der Waals surface area contributed by atoms with Crippen molar-refractivity contribution in [3.05, 3.63) is 87.9 Å². The molecule has 0 bridgehead atoms. The third-order valence-electron chi connectivity index (χ3n) is 4.86. The predicted molar refractivity (Wildman–Crippen MR) is 122 cm³/mol. The van der Waals surface area contributed by atoms with Crippen LogP contribution in [0.4, 0.5) is 0 Å². The molecular formula is C23H24ClNO5S. The van der Waals surface area contributed by atoms with Gasteiger partial charge in [0.1, 0.15) is 11.5 Å². The second-order valence-electron chi connectivity index (χ2n) is 7.07. The largest absolute Gasteiger partial charge is 0.478 e. The molecule has 0 aliphatic heterocycles. The van der Waals surface area contributed by atoms with E-state index in [9.17, 15) is 18.3 Å². The number of halogens is 1. The van der Waals surface area contributed by atoms with Crippen molar-refractivity contribution in [2.45, 2.75) is 25.2 Å². The number of aromatic carboxylic acids is 1. The quantitative estimate of drug-likeness (QED) is 0.480. The van der Waals surface area contributed by atoms with Crippen molar-refractivity contribution in [2.75, 3.05) is 6.54 Å². The summed E-state index contributed by atoms with van der Waals surface area (Å²) in [6, 6.07) is 17.0. The fraction of sp³-hybridized carbons (Fsp3) is 0.174. The van der Waals surface area contributed by atoms with Crippen LogP contribution in [-0.2, 0) is 16.4 Å². The molecule has 0 heterocycles. The summed E-state index contributed by atoms with van der Waals surface area (Å²) in [6.45, 7) is 3.52. The summed E-state index contributed by atoms with van der Waals surface area (Å²) < 4.78 is 33.5. The Kier molecular flexibility index (Phi) is 7.00. The highest BCUT2D eigenvalue weighted by atomic mass is 35.5. The second kappa shape index (κ2) is 9.51. The molecule has 3 aromatic carbocycles. The van der Waals surface area contributed by atoms with Gasteiger partial charge in [0, 0.05) is 13.0 Å². The van der Waals surface area contributed by atoms with Crippen LogP contribution in [0.1, 0.15) is 28.5 Å². The number of sulfonamides is 1. The van der Waals surface area contributed by atoms with Gasteiger partial charge in [0.05, 0.1) is 10.5 Å². The molecule has 8 heteroatoms. The summed E-state index contributed by atoms with van der Waals surface area (Å²) in [5.41, 5.74) is 2.07. The van der Waals surface area contributed by atoms with E-state index in [4.69, 9.17) is 16.3 Å². The van der Waals surface area contributed by atoms with Crippen LogP contribution in [0.5, 0.6) is 11.5 Å². The predicted octanol–water partition coefficient (Wildman–Crippen LogP) is 5.21. The molecule has 0 radical (unpaired) electrons. The maximum atomic E-state index is 12.6. The minimum Gasteiger partial charge on any atom is -0.478 e. The molecule has 0 spiro atoms. The summed E-state index contributed by atoms with van der Waals surface area (Å²) in [6.07, 6.45) is 0.469. The highest BCUT2D eigenvalue weighted by Crippen LogP contribution is 2.24. The molecule has 0 saturated heterocycles. The third kappa shape index (κ3) is 5.85. The zero-order chi connectivity index (χ0) is 22.6. The molecule has 0 aliphatic rings. The molecule has 0 fully saturated rings. The van der Waals surface area contributed by atoms with Crippen LogP contribution in [0.2, 0.25) is 5.02 Å². The van der Waals surface area contributed by atoms with Crippen LogP contribution in [0.25, 0.3) is 0 Å². The Morgan fingerprint density at radius 2 is 1.61 bits per heavy atom. The number of nitrogens with one attached hydrogen (secondary N) is 1. The topological polar surface area (TPSA) is 92.7 Å². The van der Waals surface area contributed by atoms with E-state index in [-0.39, 0.29) is 18.4 Å². The maximum Gasteiger partial charge on any atom is 0.336 e. The molecule has 3 rings (SSSR count). The first-order valence-electron chi connectivity index (χ1n) is 9.52. The van der Waals surface area contributed by atoms with Crippen molar-refractivity contribution >= 4 is 27.6 Å². The first-order valence-corrected chi connectivity index (χ1v) is 11.4. The number of aryl methyl sites for hydroxylation is 1. The van der Waals surface area contributed by atoms with Gasteiger partial charge in [-0.15, -0.1) is 0 Å². The van der Waals surface area contributed by atoms with Crippen LogP contribution in [0.3, 0.4) is 0 Å². The zero-order valence-corrected chi connectivity index (χ0v) is 18.6. The number of hydrogen-bond acceptors (Lipinski definition) is 4. The molecule has 0 aliphatic carbocycles. The van der Waals surface area contributed by atoms with Crippen molar-refractivity contribution < 1.29 is 24.5 Å². The lowest BCUT2D eigenvalue weighted by atomic mass is 10.0. The Morgan fingerprint density at radius 3 is 2.19 bits per heavy atom. The van der Waals surface area contributed by atoms with E-state index in [1.165, 1.54) is 12.1 Å². The summed E-state index contributed by atoms with van der Waals surface area (Å²) in [4.78, 5) is 11.3. The Morgan fingerprint density at radius 1 is 1.03 bits per heavy atom. The van der Waals surface area contributed by atoms with Crippen molar-refractivity contribution in [3.8, 4) is 11.5 Å². The number of rotatable bonds is 8. The van der Waals surface area contributed by atoms with Gasteiger partial charge in [-0.1, -0.05) is 23.7 Å². The number of carboxylic acid groups (broad SMARTS) is 1. The summed E-state index contributed by atoms with van der Waals surface area (Å²) in [5.74, 6) is 0.167. The Balaban J connectivity index is 0.00000363. The SMILES string of the molecule is Cc1cc(S(=O)(=O)NCCc2ccc(Oc3ccc(Cl)cc3)cc2)cc(C(=O)O)c1C.[HH]. The first kappa shape index (κ1) is 22.8. The fourth-order valence-corrected chi connectivity index (χ4v) is 4.25. The smallest absolute Gasteiger partial charge is 0.336 e. The lowest BCUT2D eigenvalue weighted by Crippen LogP contribution is -2.26. The average Bonchev–Trinajstić information content (AvgIpc) is 2.72. The lowest BCUT2D eigenvalue weighted by Gasteiger charge is -2.11. The highest BCUT2D eigenvalue weighted by molar-refractivity contribution is 7.89. The van der Waals surface area contributed by atoms with E-state index in [0.717, 1.165) is 5.56 Å². The van der Waals surface area contributed by atoms with Gasteiger partial charge in [-0.3, -0.25) is 0 Å². The van der Waals surface area contributed by atoms with Crippen LogP contribution >= 0.6 is 11.6 Å². The monoisotopic (exact) mass is 461 g/mol. The van der Waals surface area contributed by atoms with Crippen LogP contribution in [0.15, 0.2) is 65.6 Å². The van der Waals surface area contributed by atoms with Gasteiger partial charge in [0.2, 0.25) is 10.0 Å². The molecule has 3 aromatic rings. The van der Waals surface area contributed by atoms with Crippen molar-refractivity contribution in [1.82, 2.24) is 4.72 Å². The molecule has 0 amide bonds. The molecule has 0 saturated carbocycles. The molecule has 0 atom stereocenters. The fourth-order valence-electron chi connectivity index (χ4n) is 2.98. The van der Waals surface area contributed by atoms with E-state index in [2.05, 4.69) is 4.72 Å². The van der Waals surface area contributed by atoms with Gasteiger partial charge in [-0.25, -0.2) is 17.9 Å². The van der Waals surface area contributed by atoms with Gasteiger partial charge < -0.3 is 9.84 Å². The Labute approximate surface area is 188 Å². The van der Waals surface area contributed by atoms with Gasteiger partial charge in [0.25, 0.3) is 0 Å². The normalized spacial score (nSPS) is 11.3. The summed E-state index contributed by atoms with van der Waals surface area (Å²) in [5, 5.41) is 9.93. The number of benzene rings is 3. The van der Waals surface area contributed by atoms with Gasteiger partial charge in [-0.2, -0.15) is 0 Å². The Hall–Kier alpha value is -2.87. The molecule has 2 N–H and O–H groups in total. The highest BCUT2D eigenvalue weighted by Gasteiger charge is 2.19. The standard InChI is InChI=1S/C23H22ClNO5S.H2/c1-15-13-21(14-22(16(15)2)23(26)27)31(28,29)25-12-11-17-3-7-19(8-4-17)30-20-9-5-18(24)6-10-20;/h3-10,13-14,25H,11-12H2,1-2H3,(H,26,27);1H. The minimum absolute atomic E-state index is 0. The van der Waals surface area contributed by atoms with E-state index in [0.29, 0.717) is 34.1 Å². The number of ether oxygens (including phenoxy) is 1. The van der Waals surface area contributed by atoms with Gasteiger partial charge in [0.15, 0.2) is 0 Å². The van der Waals surface area contributed by atoms with Crippen molar-refractivity contribution in [1.29, 1.82) is 0 Å². The van der Waals surface area contributed by atoms with E-state index >= 15 is 0 Å². The van der Waals surface area contributed by atoms with E-state index < -0.39 is 16.0 Å². The molecule has 31 heavy (non-hydrogen) atoms. The summed E-state index contributed by atoms with van der Waals surface area (Å²) >= 11 is 5.86. The van der Waals surface area contributed by atoms with Crippen LogP contribution in [-0.4, -0.2) is 26.0 Å². The molecule has 0 aromatic heterocycles. The second-order valence-corrected chi connectivity index (χ2v) is 9.27. The Bertz CT molecular complexity index is 1200. The van der Waals surface area contributed by atoms with Crippen molar-refractivity contribution in [2.24, 2.45) is 0 Å². The van der Waals surface area contributed by atoms with Crippen molar-refractivity contribution in [3.63, 3.8) is 0 Å².